The molecule has 4 aliphatic carbocycles. The Balaban J connectivity index is 1.49. The van der Waals surface area contributed by atoms with E-state index >= 15 is 0 Å². The molecule has 4 heteroatoms. The van der Waals surface area contributed by atoms with Gasteiger partial charge in [-0.3, -0.25) is 4.79 Å². The van der Waals surface area contributed by atoms with Crippen LogP contribution in [0.1, 0.15) is 44.9 Å². The maximum atomic E-state index is 12.4. The van der Waals surface area contributed by atoms with Crippen molar-refractivity contribution in [3.05, 3.63) is 11.8 Å². The minimum absolute atomic E-state index is 0.0603. The molecule has 0 aromatic carbocycles. The van der Waals surface area contributed by atoms with Crippen LogP contribution in [-0.4, -0.2) is 16.9 Å². The molecule has 4 saturated carbocycles. The Morgan fingerprint density at radius 2 is 1.79 bits per heavy atom. The van der Waals surface area contributed by atoms with Crippen LogP contribution < -0.4 is 10.6 Å². The Morgan fingerprint density at radius 1 is 1.21 bits per heavy atom. The van der Waals surface area contributed by atoms with Gasteiger partial charge in [-0.05, 0) is 56.3 Å². The van der Waals surface area contributed by atoms with E-state index in [-0.39, 0.29) is 16.9 Å². The van der Waals surface area contributed by atoms with Gasteiger partial charge in [-0.2, -0.15) is 0 Å². The first kappa shape index (κ1) is 12.1. The van der Waals surface area contributed by atoms with Crippen molar-refractivity contribution in [1.82, 2.24) is 10.6 Å². The van der Waals surface area contributed by atoms with E-state index in [1.807, 2.05) is 6.08 Å². The summed E-state index contributed by atoms with van der Waals surface area (Å²) >= 11 is 5.98. The lowest BCUT2D eigenvalue weighted by molar-refractivity contribution is -0.123. The molecule has 104 valence electrons. The summed E-state index contributed by atoms with van der Waals surface area (Å²) in [7, 11) is 0. The van der Waals surface area contributed by atoms with Crippen molar-refractivity contribution in [3.8, 4) is 0 Å². The molecule has 1 aliphatic heterocycles. The zero-order chi connectivity index (χ0) is 13.0. The molecule has 5 aliphatic rings. The number of rotatable bonds is 2. The summed E-state index contributed by atoms with van der Waals surface area (Å²) in [6.07, 6.45) is 10.5. The van der Waals surface area contributed by atoms with Gasteiger partial charge in [0.25, 0.3) is 5.91 Å². The molecular weight excluding hydrogens is 260 g/mol. The van der Waals surface area contributed by atoms with E-state index in [4.69, 9.17) is 11.6 Å². The van der Waals surface area contributed by atoms with Crippen molar-refractivity contribution in [2.75, 3.05) is 0 Å². The Bertz CT molecular complexity index is 410. The highest BCUT2D eigenvalue weighted by atomic mass is 35.5. The third-order valence-corrected chi connectivity index (χ3v) is 5.79. The van der Waals surface area contributed by atoms with Crippen molar-refractivity contribution < 1.29 is 4.79 Å². The fraction of sp³-hybridized carbons (Fsp3) is 0.800. The van der Waals surface area contributed by atoms with Crippen LogP contribution in [0.4, 0.5) is 0 Å². The van der Waals surface area contributed by atoms with Crippen molar-refractivity contribution in [2.45, 2.75) is 56.0 Å². The van der Waals surface area contributed by atoms with Crippen molar-refractivity contribution >= 4 is 17.5 Å². The van der Waals surface area contributed by atoms with Crippen LogP contribution in [0.15, 0.2) is 11.8 Å². The molecule has 3 nitrogen and oxygen atoms in total. The molecule has 0 saturated heterocycles. The molecule has 1 heterocycles. The van der Waals surface area contributed by atoms with Gasteiger partial charge in [0.1, 0.15) is 5.50 Å². The van der Waals surface area contributed by atoms with E-state index in [0.717, 1.165) is 24.2 Å². The van der Waals surface area contributed by atoms with Crippen molar-refractivity contribution in [2.24, 2.45) is 17.8 Å². The van der Waals surface area contributed by atoms with E-state index in [9.17, 15) is 4.79 Å². The van der Waals surface area contributed by atoms with Crippen LogP contribution in [0.3, 0.4) is 0 Å². The molecule has 1 unspecified atom stereocenters. The second-order valence-corrected chi connectivity index (χ2v) is 7.64. The first-order valence-electron chi connectivity index (χ1n) is 7.55. The number of nitrogens with one attached hydrogen (secondary N) is 2. The van der Waals surface area contributed by atoms with Gasteiger partial charge in [-0.15, -0.1) is 0 Å². The maximum absolute atomic E-state index is 12.4. The number of hydrogen-bond acceptors (Lipinski definition) is 2. The summed E-state index contributed by atoms with van der Waals surface area (Å²) in [5, 5.41) is 6.41. The van der Waals surface area contributed by atoms with E-state index in [0.29, 0.717) is 5.70 Å². The standard InChI is InChI=1S/C15H21ClN2O/c16-13-2-1-12(17-13)14(19)18-15-6-9-3-10(7-15)5-11(4-9)8-15/h1,9-11,13,17H,2-8H2,(H,18,19). The molecule has 5 rings (SSSR count). The highest BCUT2D eigenvalue weighted by Crippen LogP contribution is 2.55. The fourth-order valence-electron chi connectivity index (χ4n) is 5.24. The molecule has 4 fully saturated rings. The second kappa shape index (κ2) is 4.15. The molecule has 1 amide bonds. The summed E-state index contributed by atoms with van der Waals surface area (Å²) < 4.78 is 0. The number of alkyl halides is 1. The lowest BCUT2D eigenvalue weighted by Gasteiger charge is -2.56. The minimum atomic E-state index is -0.114. The Kier molecular flexibility index (Phi) is 2.63. The lowest BCUT2D eigenvalue weighted by atomic mass is 9.53. The van der Waals surface area contributed by atoms with E-state index in [2.05, 4.69) is 10.6 Å². The number of hydrogen-bond donors (Lipinski definition) is 2. The Hall–Kier alpha value is -0.700. The van der Waals surface area contributed by atoms with Gasteiger partial charge in [0.05, 0.1) is 5.70 Å². The molecule has 2 N–H and O–H groups in total. The third-order valence-electron chi connectivity index (χ3n) is 5.50. The normalized spacial score (nSPS) is 46.9. The summed E-state index contributed by atoms with van der Waals surface area (Å²) in [5.41, 5.74) is 0.659. The van der Waals surface area contributed by atoms with E-state index < -0.39 is 0 Å². The van der Waals surface area contributed by atoms with Crippen LogP contribution in [0.2, 0.25) is 0 Å². The van der Waals surface area contributed by atoms with E-state index in [1.165, 1.54) is 38.5 Å². The molecule has 0 aromatic heterocycles. The van der Waals surface area contributed by atoms with Gasteiger partial charge >= 0.3 is 0 Å². The highest BCUT2D eigenvalue weighted by molar-refractivity contribution is 6.21. The fourth-order valence-corrected chi connectivity index (χ4v) is 5.44. The summed E-state index contributed by atoms with van der Waals surface area (Å²) in [5.74, 6) is 2.64. The zero-order valence-corrected chi connectivity index (χ0v) is 11.9. The second-order valence-electron chi connectivity index (χ2n) is 7.12. The Labute approximate surface area is 119 Å². The first-order valence-corrected chi connectivity index (χ1v) is 7.99. The minimum Gasteiger partial charge on any atom is -0.365 e. The molecule has 0 radical (unpaired) electrons. The smallest absolute Gasteiger partial charge is 0.267 e. The molecule has 0 spiro atoms. The Morgan fingerprint density at radius 3 is 2.26 bits per heavy atom. The van der Waals surface area contributed by atoms with Crippen molar-refractivity contribution in [1.29, 1.82) is 0 Å². The van der Waals surface area contributed by atoms with Crippen LogP contribution in [0.5, 0.6) is 0 Å². The zero-order valence-electron chi connectivity index (χ0n) is 11.1. The summed E-state index contributed by atoms with van der Waals surface area (Å²) in [6.45, 7) is 0. The number of carbonyl (C=O) groups is 1. The van der Waals surface area contributed by atoms with Crippen LogP contribution in [0.25, 0.3) is 0 Å². The first-order chi connectivity index (χ1) is 9.12. The summed E-state index contributed by atoms with van der Waals surface area (Å²) in [4.78, 5) is 12.4. The quantitative estimate of drug-likeness (QED) is 0.603. The molecule has 19 heavy (non-hydrogen) atoms. The topological polar surface area (TPSA) is 41.1 Å². The van der Waals surface area contributed by atoms with Gasteiger partial charge in [0.2, 0.25) is 0 Å². The SMILES string of the molecule is O=C(NC12CC3CC(CC(C3)C1)C2)C1=CCC(Cl)N1. The number of halogens is 1. The van der Waals surface area contributed by atoms with Crippen LogP contribution in [0, 0.1) is 17.8 Å². The molecule has 4 bridgehead atoms. The predicted octanol–water partition coefficient (Wildman–Crippen LogP) is 2.51. The van der Waals surface area contributed by atoms with Gasteiger partial charge in [0.15, 0.2) is 0 Å². The molecule has 1 atom stereocenters. The van der Waals surface area contributed by atoms with Gasteiger partial charge < -0.3 is 10.6 Å². The number of amides is 1. The monoisotopic (exact) mass is 280 g/mol. The van der Waals surface area contributed by atoms with Crippen LogP contribution >= 0.6 is 11.6 Å². The van der Waals surface area contributed by atoms with Gasteiger partial charge in [-0.1, -0.05) is 17.7 Å². The highest BCUT2D eigenvalue weighted by Gasteiger charge is 2.51. The molecular formula is C15H21ClN2O. The predicted molar refractivity (Wildman–Crippen MR) is 74.5 cm³/mol. The largest absolute Gasteiger partial charge is 0.365 e. The lowest BCUT2D eigenvalue weighted by Crippen LogP contribution is -2.60. The van der Waals surface area contributed by atoms with Gasteiger partial charge in [-0.25, -0.2) is 0 Å². The summed E-state index contributed by atoms with van der Waals surface area (Å²) in [6, 6.07) is 0. The van der Waals surface area contributed by atoms with E-state index in [1.54, 1.807) is 0 Å². The average Bonchev–Trinajstić information content (AvgIpc) is 2.73. The van der Waals surface area contributed by atoms with Gasteiger partial charge in [0, 0.05) is 12.0 Å². The average molecular weight is 281 g/mol. The number of carbonyl (C=O) groups excluding carboxylic acids is 1. The third kappa shape index (κ3) is 2.06. The maximum Gasteiger partial charge on any atom is 0.267 e. The van der Waals surface area contributed by atoms with Crippen LogP contribution in [-0.2, 0) is 4.79 Å². The van der Waals surface area contributed by atoms with Crippen molar-refractivity contribution in [3.63, 3.8) is 0 Å². The molecule has 0 aromatic rings.